The molecular weight excluding hydrogens is 254 g/mol. The summed E-state index contributed by atoms with van der Waals surface area (Å²) in [5, 5.41) is 9.16. The van der Waals surface area contributed by atoms with E-state index >= 15 is 0 Å². The summed E-state index contributed by atoms with van der Waals surface area (Å²) in [4.78, 5) is 22.8. The van der Waals surface area contributed by atoms with E-state index in [2.05, 4.69) is 9.97 Å². The molecule has 0 bridgehead atoms. The van der Waals surface area contributed by atoms with Crippen LogP contribution >= 0.6 is 0 Å². The fourth-order valence-electron chi connectivity index (χ4n) is 2.52. The van der Waals surface area contributed by atoms with Gasteiger partial charge in [-0.15, -0.1) is 0 Å². The highest BCUT2D eigenvalue weighted by Gasteiger charge is 2.29. The van der Waals surface area contributed by atoms with Gasteiger partial charge in [0.25, 0.3) is 5.91 Å². The van der Waals surface area contributed by atoms with Crippen LogP contribution in [0.25, 0.3) is 11.0 Å². The van der Waals surface area contributed by atoms with Crippen LogP contribution < -0.4 is 0 Å². The molecule has 1 aliphatic carbocycles. The molecule has 1 heterocycles. The molecule has 0 radical (unpaired) electrons. The van der Waals surface area contributed by atoms with Crippen LogP contribution in [0.15, 0.2) is 30.6 Å². The largest absolute Gasteiger partial charge is 0.395 e. The van der Waals surface area contributed by atoms with E-state index in [4.69, 9.17) is 5.11 Å². The van der Waals surface area contributed by atoms with Crippen molar-refractivity contribution in [2.75, 3.05) is 13.2 Å². The number of carbonyl (C=O) groups is 1. The summed E-state index contributed by atoms with van der Waals surface area (Å²) in [6.45, 7) is 0.387. The van der Waals surface area contributed by atoms with Crippen molar-refractivity contribution in [3.8, 4) is 0 Å². The number of rotatable bonds is 4. The predicted octanol–water partition coefficient (Wildman–Crippen LogP) is 1.62. The highest BCUT2D eigenvalue weighted by Crippen LogP contribution is 2.26. The summed E-state index contributed by atoms with van der Waals surface area (Å²) in [7, 11) is 0. The second kappa shape index (κ2) is 5.54. The lowest BCUT2D eigenvalue weighted by Crippen LogP contribution is -2.45. The van der Waals surface area contributed by atoms with Crippen molar-refractivity contribution in [3.63, 3.8) is 0 Å². The molecule has 1 saturated carbocycles. The van der Waals surface area contributed by atoms with Gasteiger partial charge in [0.05, 0.1) is 17.6 Å². The van der Waals surface area contributed by atoms with Crippen molar-refractivity contribution in [3.05, 3.63) is 36.2 Å². The molecular formula is C15H17N3O2. The fraction of sp³-hybridized carbons (Fsp3) is 0.400. The first kappa shape index (κ1) is 13.0. The molecule has 1 aromatic carbocycles. The van der Waals surface area contributed by atoms with Gasteiger partial charge in [0.15, 0.2) is 0 Å². The van der Waals surface area contributed by atoms with Crippen LogP contribution in [0, 0.1) is 0 Å². The number of carbonyl (C=O) groups excluding carboxylic acids is 1. The highest BCUT2D eigenvalue weighted by atomic mass is 16.3. The summed E-state index contributed by atoms with van der Waals surface area (Å²) < 4.78 is 0. The Balaban J connectivity index is 1.89. The molecule has 3 rings (SSSR count). The number of aliphatic hydroxyl groups excluding tert-OH is 1. The number of nitrogens with zero attached hydrogens (tertiary/aromatic N) is 3. The van der Waals surface area contributed by atoms with Crippen LogP contribution in [0.3, 0.4) is 0 Å². The molecule has 0 unspecified atom stereocenters. The zero-order valence-electron chi connectivity index (χ0n) is 11.2. The Labute approximate surface area is 117 Å². The molecule has 1 N–H and O–H groups in total. The zero-order chi connectivity index (χ0) is 13.9. The van der Waals surface area contributed by atoms with E-state index in [1.54, 1.807) is 29.4 Å². The first-order chi connectivity index (χ1) is 9.79. The van der Waals surface area contributed by atoms with E-state index in [0.717, 1.165) is 30.3 Å². The molecule has 104 valence electrons. The van der Waals surface area contributed by atoms with Gasteiger partial charge in [-0.25, -0.2) is 0 Å². The van der Waals surface area contributed by atoms with Crippen LogP contribution in [-0.4, -0.2) is 45.1 Å². The smallest absolute Gasteiger partial charge is 0.254 e. The number of amides is 1. The SMILES string of the molecule is O=C(c1ccc2nccnc2c1)N(CCO)C1CCC1. The molecule has 20 heavy (non-hydrogen) atoms. The Kier molecular flexibility index (Phi) is 3.60. The van der Waals surface area contributed by atoms with Crippen molar-refractivity contribution in [1.29, 1.82) is 0 Å². The molecule has 1 aliphatic rings. The number of aliphatic hydroxyl groups is 1. The molecule has 1 fully saturated rings. The lowest BCUT2D eigenvalue weighted by atomic mass is 9.91. The Morgan fingerprint density at radius 2 is 2.00 bits per heavy atom. The Hall–Kier alpha value is -2.01. The van der Waals surface area contributed by atoms with Gasteiger partial charge >= 0.3 is 0 Å². The third kappa shape index (κ3) is 2.36. The average molecular weight is 271 g/mol. The summed E-state index contributed by atoms with van der Waals surface area (Å²) in [5.74, 6) is -0.0312. The van der Waals surface area contributed by atoms with Crippen molar-refractivity contribution >= 4 is 16.9 Å². The number of fused-ring (bicyclic) bond motifs is 1. The highest BCUT2D eigenvalue weighted by molar-refractivity contribution is 5.97. The maximum atomic E-state index is 12.6. The standard InChI is InChI=1S/C15H17N3O2/c19-9-8-18(12-2-1-3-12)15(20)11-4-5-13-14(10-11)17-7-6-16-13/h4-7,10,12,19H,1-3,8-9H2. The van der Waals surface area contributed by atoms with Crippen LogP contribution in [0.5, 0.6) is 0 Å². The van der Waals surface area contributed by atoms with Crippen LogP contribution in [0.4, 0.5) is 0 Å². The number of aromatic nitrogens is 2. The molecule has 0 atom stereocenters. The van der Waals surface area contributed by atoms with Gasteiger partial charge in [-0.2, -0.15) is 0 Å². The van der Waals surface area contributed by atoms with Crippen LogP contribution in [-0.2, 0) is 0 Å². The monoisotopic (exact) mass is 271 g/mol. The fourth-order valence-corrected chi connectivity index (χ4v) is 2.52. The lowest BCUT2D eigenvalue weighted by Gasteiger charge is -2.37. The van der Waals surface area contributed by atoms with Crippen molar-refractivity contribution in [2.24, 2.45) is 0 Å². The quantitative estimate of drug-likeness (QED) is 0.917. The second-order valence-electron chi connectivity index (χ2n) is 5.07. The van der Waals surface area contributed by atoms with E-state index < -0.39 is 0 Å². The molecule has 0 spiro atoms. The van der Waals surface area contributed by atoms with Crippen LogP contribution in [0.1, 0.15) is 29.6 Å². The van der Waals surface area contributed by atoms with Gasteiger partial charge in [-0.05, 0) is 37.5 Å². The van der Waals surface area contributed by atoms with E-state index in [9.17, 15) is 4.79 Å². The molecule has 1 aromatic heterocycles. The third-order valence-corrected chi connectivity index (χ3v) is 3.83. The molecule has 0 aliphatic heterocycles. The minimum absolute atomic E-state index is 0.00434. The number of hydrogen-bond acceptors (Lipinski definition) is 4. The maximum absolute atomic E-state index is 12.6. The average Bonchev–Trinajstić information content (AvgIpc) is 2.43. The van der Waals surface area contributed by atoms with Crippen molar-refractivity contribution in [1.82, 2.24) is 14.9 Å². The number of hydrogen-bond donors (Lipinski definition) is 1. The van der Waals surface area contributed by atoms with Gasteiger partial charge in [0, 0.05) is 30.5 Å². The summed E-state index contributed by atoms with van der Waals surface area (Å²) in [6, 6.07) is 5.64. The molecule has 5 nitrogen and oxygen atoms in total. The predicted molar refractivity (Wildman–Crippen MR) is 75.3 cm³/mol. The minimum Gasteiger partial charge on any atom is -0.395 e. The van der Waals surface area contributed by atoms with Crippen LogP contribution in [0.2, 0.25) is 0 Å². The van der Waals surface area contributed by atoms with Gasteiger partial charge in [-0.1, -0.05) is 0 Å². The normalized spacial score (nSPS) is 15.1. The van der Waals surface area contributed by atoms with Gasteiger partial charge in [-0.3, -0.25) is 14.8 Å². The first-order valence-electron chi connectivity index (χ1n) is 6.92. The van der Waals surface area contributed by atoms with Gasteiger partial charge in [0.1, 0.15) is 0 Å². The Bertz CT molecular complexity index is 625. The van der Waals surface area contributed by atoms with E-state index in [-0.39, 0.29) is 18.6 Å². The van der Waals surface area contributed by atoms with E-state index in [1.165, 1.54) is 0 Å². The molecule has 0 saturated heterocycles. The van der Waals surface area contributed by atoms with E-state index in [1.807, 2.05) is 6.07 Å². The summed E-state index contributed by atoms with van der Waals surface area (Å²) >= 11 is 0. The van der Waals surface area contributed by atoms with Crippen molar-refractivity contribution < 1.29 is 9.90 Å². The first-order valence-corrected chi connectivity index (χ1v) is 6.92. The Morgan fingerprint density at radius 1 is 1.25 bits per heavy atom. The van der Waals surface area contributed by atoms with Gasteiger partial charge in [0.2, 0.25) is 0 Å². The third-order valence-electron chi connectivity index (χ3n) is 3.83. The maximum Gasteiger partial charge on any atom is 0.254 e. The van der Waals surface area contributed by atoms with E-state index in [0.29, 0.717) is 12.1 Å². The summed E-state index contributed by atoms with van der Waals surface area (Å²) in [5.41, 5.74) is 2.11. The molecule has 5 heteroatoms. The topological polar surface area (TPSA) is 66.3 Å². The van der Waals surface area contributed by atoms with Gasteiger partial charge < -0.3 is 10.0 Å². The summed E-state index contributed by atoms with van der Waals surface area (Å²) in [6.07, 6.45) is 6.46. The minimum atomic E-state index is -0.0312. The Morgan fingerprint density at radius 3 is 2.65 bits per heavy atom. The molecule has 2 aromatic rings. The lowest BCUT2D eigenvalue weighted by molar-refractivity contribution is 0.0526. The second-order valence-corrected chi connectivity index (χ2v) is 5.07. The molecule has 1 amide bonds. The van der Waals surface area contributed by atoms with Crippen molar-refractivity contribution in [2.45, 2.75) is 25.3 Å². The number of benzene rings is 1. The zero-order valence-corrected chi connectivity index (χ0v) is 11.2.